The van der Waals surface area contributed by atoms with Crippen LogP contribution in [-0.2, 0) is 11.4 Å². The minimum Gasteiger partial charge on any atom is -0.487 e. The SMILES string of the molecule is N#C/C(=C\c1cc(Br)c(OCc2ccc(I)cc2)c(I)c1)C(=O)Nc1ccccc1Cl. The number of hydrogen-bond donors (Lipinski definition) is 1. The van der Waals surface area contributed by atoms with Gasteiger partial charge in [-0.15, -0.1) is 0 Å². The Bertz CT molecular complexity index is 1170. The summed E-state index contributed by atoms with van der Waals surface area (Å²) >= 11 is 14.0. The normalized spacial score (nSPS) is 11.0. The second-order valence-electron chi connectivity index (χ2n) is 6.33. The molecule has 0 unspecified atom stereocenters. The zero-order valence-corrected chi connectivity index (χ0v) is 22.5. The van der Waals surface area contributed by atoms with E-state index in [-0.39, 0.29) is 5.57 Å². The number of carbonyl (C=O) groups is 1. The molecule has 0 saturated heterocycles. The van der Waals surface area contributed by atoms with Crippen molar-refractivity contribution < 1.29 is 9.53 Å². The van der Waals surface area contributed by atoms with Crippen LogP contribution in [0.4, 0.5) is 5.69 Å². The van der Waals surface area contributed by atoms with Gasteiger partial charge in [0.1, 0.15) is 24.0 Å². The molecule has 3 aromatic carbocycles. The predicted molar refractivity (Wildman–Crippen MR) is 144 cm³/mol. The molecule has 0 aliphatic carbocycles. The number of hydrogen-bond acceptors (Lipinski definition) is 3. The quantitative estimate of drug-likeness (QED) is 0.164. The van der Waals surface area contributed by atoms with Crippen molar-refractivity contribution in [2.75, 3.05) is 5.32 Å². The fraction of sp³-hybridized carbons (Fsp3) is 0.0435. The van der Waals surface area contributed by atoms with Gasteiger partial charge in [0.15, 0.2) is 0 Å². The Hall–Kier alpha value is -1.61. The van der Waals surface area contributed by atoms with Crippen molar-refractivity contribution in [3.63, 3.8) is 0 Å². The zero-order valence-electron chi connectivity index (χ0n) is 15.8. The van der Waals surface area contributed by atoms with Crippen LogP contribution in [0, 0.1) is 18.5 Å². The third kappa shape index (κ3) is 6.68. The van der Waals surface area contributed by atoms with E-state index in [2.05, 4.69) is 66.4 Å². The molecule has 0 bridgehead atoms. The molecule has 156 valence electrons. The van der Waals surface area contributed by atoms with Crippen molar-refractivity contribution in [3.05, 3.63) is 94.0 Å². The molecule has 4 nitrogen and oxygen atoms in total. The third-order valence-electron chi connectivity index (χ3n) is 4.12. The molecule has 8 heteroatoms. The van der Waals surface area contributed by atoms with Crippen LogP contribution >= 0.6 is 72.7 Å². The minimum atomic E-state index is -0.527. The summed E-state index contributed by atoms with van der Waals surface area (Å²) in [4.78, 5) is 12.5. The number of carbonyl (C=O) groups excluding carboxylic acids is 1. The summed E-state index contributed by atoms with van der Waals surface area (Å²) in [5.41, 5.74) is 2.18. The lowest BCUT2D eigenvalue weighted by atomic mass is 10.1. The summed E-state index contributed by atoms with van der Waals surface area (Å²) in [6.07, 6.45) is 1.53. The fourth-order valence-corrected chi connectivity index (χ4v) is 4.92. The Morgan fingerprint density at radius 3 is 2.52 bits per heavy atom. The molecule has 0 fully saturated rings. The highest BCUT2D eigenvalue weighted by atomic mass is 127. The number of benzene rings is 3. The van der Waals surface area contributed by atoms with Gasteiger partial charge in [-0.1, -0.05) is 35.9 Å². The van der Waals surface area contributed by atoms with Gasteiger partial charge in [0, 0.05) is 3.57 Å². The van der Waals surface area contributed by atoms with Crippen molar-refractivity contribution in [2.24, 2.45) is 0 Å². The molecular weight excluding hydrogens is 705 g/mol. The van der Waals surface area contributed by atoms with Crippen molar-refractivity contribution in [1.29, 1.82) is 5.26 Å². The van der Waals surface area contributed by atoms with E-state index in [1.54, 1.807) is 24.3 Å². The van der Waals surface area contributed by atoms with Gasteiger partial charge in [-0.05, 0) is 115 Å². The Morgan fingerprint density at radius 2 is 1.87 bits per heavy atom. The van der Waals surface area contributed by atoms with Crippen molar-refractivity contribution in [1.82, 2.24) is 0 Å². The van der Waals surface area contributed by atoms with Crippen LogP contribution in [0.1, 0.15) is 11.1 Å². The molecule has 0 aliphatic heterocycles. The highest BCUT2D eigenvalue weighted by Gasteiger charge is 2.13. The van der Waals surface area contributed by atoms with Gasteiger partial charge in [-0.3, -0.25) is 4.79 Å². The number of rotatable bonds is 6. The second-order valence-corrected chi connectivity index (χ2v) is 10.0. The Morgan fingerprint density at radius 1 is 1.16 bits per heavy atom. The first-order chi connectivity index (χ1) is 14.9. The van der Waals surface area contributed by atoms with Crippen LogP contribution in [0.3, 0.4) is 0 Å². The van der Waals surface area contributed by atoms with Gasteiger partial charge in [-0.2, -0.15) is 5.26 Å². The molecule has 0 aromatic heterocycles. The molecule has 0 spiro atoms. The predicted octanol–water partition coefficient (Wildman–Crippen LogP) is 7.44. The summed E-state index contributed by atoms with van der Waals surface area (Å²) in [5, 5.41) is 12.5. The van der Waals surface area contributed by atoms with Crippen molar-refractivity contribution in [3.8, 4) is 11.8 Å². The molecule has 0 heterocycles. The number of nitrogens with zero attached hydrogens (tertiary/aromatic N) is 1. The van der Waals surface area contributed by atoms with Gasteiger partial charge in [0.05, 0.1) is 18.8 Å². The lowest BCUT2D eigenvalue weighted by molar-refractivity contribution is -0.112. The van der Waals surface area contributed by atoms with Gasteiger partial charge in [-0.25, -0.2) is 0 Å². The zero-order chi connectivity index (χ0) is 22.4. The molecule has 0 saturated carbocycles. The van der Waals surface area contributed by atoms with Crippen LogP contribution in [0.5, 0.6) is 5.75 Å². The van der Waals surface area contributed by atoms with Crippen molar-refractivity contribution >= 4 is 90.4 Å². The average Bonchev–Trinajstić information content (AvgIpc) is 2.74. The number of halogens is 4. The molecule has 0 radical (unpaired) electrons. The molecule has 31 heavy (non-hydrogen) atoms. The van der Waals surface area contributed by atoms with Crippen molar-refractivity contribution in [2.45, 2.75) is 6.61 Å². The highest BCUT2D eigenvalue weighted by molar-refractivity contribution is 14.1. The van der Waals surface area contributed by atoms with Gasteiger partial charge in [0.2, 0.25) is 0 Å². The highest BCUT2D eigenvalue weighted by Crippen LogP contribution is 2.33. The number of nitriles is 1. The fourth-order valence-electron chi connectivity index (χ4n) is 2.60. The summed E-state index contributed by atoms with van der Waals surface area (Å²) in [5.74, 6) is 0.177. The molecule has 0 atom stereocenters. The monoisotopic (exact) mass is 718 g/mol. The first-order valence-electron chi connectivity index (χ1n) is 8.91. The van der Waals surface area contributed by atoms with Crippen LogP contribution in [0.15, 0.2) is 70.7 Å². The van der Waals surface area contributed by atoms with E-state index in [0.717, 1.165) is 13.6 Å². The number of nitrogens with one attached hydrogen (secondary N) is 1. The van der Waals surface area contributed by atoms with E-state index in [1.165, 1.54) is 9.65 Å². The summed E-state index contributed by atoms with van der Waals surface area (Å²) in [6.45, 7) is 0.435. The first-order valence-corrected chi connectivity index (χ1v) is 12.2. The average molecular weight is 720 g/mol. The van der Waals surface area contributed by atoms with E-state index in [1.807, 2.05) is 42.5 Å². The number of ether oxygens (including phenoxy) is 1. The van der Waals surface area contributed by atoms with Crippen LogP contribution in [-0.4, -0.2) is 5.91 Å². The Kier molecular flexibility index (Phi) is 8.77. The van der Waals surface area contributed by atoms with Gasteiger partial charge < -0.3 is 10.1 Å². The standard InChI is InChI=1S/C23H14BrClI2N2O2/c24-18-10-15(9-16(12-28)23(30)29-21-4-2-1-3-19(21)25)11-20(27)22(18)31-13-14-5-7-17(26)8-6-14/h1-11H,13H2,(H,29,30)/b16-9+. The maximum Gasteiger partial charge on any atom is 0.266 e. The molecule has 0 aliphatic rings. The summed E-state index contributed by atoms with van der Waals surface area (Å²) < 4.78 is 8.74. The topological polar surface area (TPSA) is 62.1 Å². The number of para-hydroxylation sites is 1. The first kappa shape index (κ1) is 24.0. The molecular formula is C23H14BrClI2N2O2. The number of anilines is 1. The molecule has 1 N–H and O–H groups in total. The Balaban J connectivity index is 1.78. The van der Waals surface area contributed by atoms with E-state index >= 15 is 0 Å². The lowest BCUT2D eigenvalue weighted by Crippen LogP contribution is -2.13. The maximum atomic E-state index is 12.5. The summed E-state index contributed by atoms with van der Waals surface area (Å²) in [6, 6.07) is 20.6. The number of amides is 1. The largest absolute Gasteiger partial charge is 0.487 e. The molecule has 3 rings (SSSR count). The van der Waals surface area contributed by atoms with Crippen LogP contribution in [0.2, 0.25) is 5.02 Å². The van der Waals surface area contributed by atoms with E-state index < -0.39 is 5.91 Å². The Labute approximate surface area is 221 Å². The molecule has 3 aromatic rings. The van der Waals surface area contributed by atoms with Crippen LogP contribution < -0.4 is 10.1 Å². The molecule has 1 amide bonds. The second kappa shape index (κ2) is 11.3. The lowest BCUT2D eigenvalue weighted by Gasteiger charge is -2.12. The van der Waals surface area contributed by atoms with Gasteiger partial charge >= 0.3 is 0 Å². The van der Waals surface area contributed by atoms with Crippen LogP contribution in [0.25, 0.3) is 6.08 Å². The van der Waals surface area contributed by atoms with Gasteiger partial charge in [0.25, 0.3) is 5.91 Å². The smallest absolute Gasteiger partial charge is 0.266 e. The van der Waals surface area contributed by atoms with E-state index in [4.69, 9.17) is 16.3 Å². The van der Waals surface area contributed by atoms with E-state index in [9.17, 15) is 10.1 Å². The van der Waals surface area contributed by atoms with E-state index in [0.29, 0.717) is 28.6 Å². The maximum absolute atomic E-state index is 12.5. The summed E-state index contributed by atoms with van der Waals surface area (Å²) in [7, 11) is 0. The minimum absolute atomic E-state index is 0.0322. The third-order valence-corrected chi connectivity index (χ3v) is 6.55.